The molecule has 24 heavy (non-hydrogen) atoms. The van der Waals surface area contributed by atoms with Crippen molar-refractivity contribution in [3.63, 3.8) is 0 Å². The van der Waals surface area contributed by atoms with Gasteiger partial charge in [0, 0.05) is 25.3 Å². The van der Waals surface area contributed by atoms with Crippen LogP contribution in [0.4, 0.5) is 0 Å². The molecule has 0 unspecified atom stereocenters. The number of nitrogens with zero attached hydrogens (tertiary/aromatic N) is 3. The highest BCUT2D eigenvalue weighted by molar-refractivity contribution is 7.13. The summed E-state index contributed by atoms with van der Waals surface area (Å²) in [6.07, 6.45) is 6.58. The summed E-state index contributed by atoms with van der Waals surface area (Å²) >= 11 is 1.67. The zero-order valence-electron chi connectivity index (χ0n) is 13.9. The fourth-order valence-electron chi connectivity index (χ4n) is 3.81. The van der Waals surface area contributed by atoms with E-state index in [4.69, 9.17) is 0 Å². The van der Waals surface area contributed by atoms with Gasteiger partial charge in [-0.2, -0.15) is 0 Å². The summed E-state index contributed by atoms with van der Waals surface area (Å²) in [6, 6.07) is 8.34. The molecule has 0 N–H and O–H groups in total. The Morgan fingerprint density at radius 3 is 2.75 bits per heavy atom. The second-order valence-electron chi connectivity index (χ2n) is 6.71. The Morgan fingerprint density at radius 2 is 2.04 bits per heavy atom. The molecule has 1 atom stereocenters. The Labute approximate surface area is 147 Å². The average Bonchev–Trinajstić information content (AvgIpc) is 3.37. The number of hydrogen-bond donors (Lipinski definition) is 0. The number of aromatic nitrogens is 1. The normalized spacial score (nSPS) is 21.5. The SMILES string of the molecule is O=C(c1ccc(-c2cccs2)nc1)N1CCC[C@H]1CN1CCCC1. The van der Waals surface area contributed by atoms with Crippen LogP contribution in [0.5, 0.6) is 0 Å². The lowest BCUT2D eigenvalue weighted by molar-refractivity contribution is 0.0708. The van der Waals surface area contributed by atoms with E-state index in [0.717, 1.165) is 36.5 Å². The second-order valence-corrected chi connectivity index (χ2v) is 7.66. The molecular formula is C19H23N3OS. The van der Waals surface area contributed by atoms with Crippen LogP contribution in [0.15, 0.2) is 35.8 Å². The molecule has 4 nitrogen and oxygen atoms in total. The summed E-state index contributed by atoms with van der Waals surface area (Å²) in [7, 11) is 0. The van der Waals surface area contributed by atoms with Crippen LogP contribution in [0.3, 0.4) is 0 Å². The van der Waals surface area contributed by atoms with Crippen molar-refractivity contribution in [2.75, 3.05) is 26.2 Å². The summed E-state index contributed by atoms with van der Waals surface area (Å²) in [6.45, 7) is 4.29. The van der Waals surface area contributed by atoms with Crippen LogP contribution in [0.2, 0.25) is 0 Å². The lowest BCUT2D eigenvalue weighted by Gasteiger charge is -2.28. The number of carbonyl (C=O) groups excluding carboxylic acids is 1. The van der Waals surface area contributed by atoms with E-state index in [1.54, 1.807) is 17.5 Å². The summed E-state index contributed by atoms with van der Waals surface area (Å²) in [5, 5.41) is 2.04. The van der Waals surface area contributed by atoms with E-state index in [9.17, 15) is 4.79 Å². The quantitative estimate of drug-likeness (QED) is 0.854. The van der Waals surface area contributed by atoms with E-state index < -0.39 is 0 Å². The third kappa shape index (κ3) is 3.23. The van der Waals surface area contributed by atoms with Gasteiger partial charge in [-0.1, -0.05) is 6.07 Å². The van der Waals surface area contributed by atoms with E-state index in [1.807, 2.05) is 23.6 Å². The van der Waals surface area contributed by atoms with Crippen molar-refractivity contribution in [2.24, 2.45) is 0 Å². The number of carbonyl (C=O) groups is 1. The first-order chi connectivity index (χ1) is 11.8. The molecule has 0 saturated carbocycles. The Bertz CT molecular complexity index is 677. The summed E-state index contributed by atoms with van der Waals surface area (Å²) < 4.78 is 0. The molecular weight excluding hydrogens is 318 g/mol. The van der Waals surface area contributed by atoms with Gasteiger partial charge < -0.3 is 9.80 Å². The smallest absolute Gasteiger partial charge is 0.255 e. The highest BCUT2D eigenvalue weighted by Gasteiger charge is 2.31. The molecule has 2 aromatic rings. The molecule has 0 bridgehead atoms. The molecule has 126 valence electrons. The van der Waals surface area contributed by atoms with Gasteiger partial charge in [0.15, 0.2) is 0 Å². The first-order valence-corrected chi connectivity index (χ1v) is 9.72. The van der Waals surface area contributed by atoms with E-state index in [0.29, 0.717) is 11.6 Å². The average molecular weight is 341 g/mol. The third-order valence-electron chi connectivity index (χ3n) is 5.09. The molecule has 5 heteroatoms. The van der Waals surface area contributed by atoms with Gasteiger partial charge in [-0.05, 0) is 62.4 Å². The zero-order valence-corrected chi connectivity index (χ0v) is 14.7. The predicted molar refractivity (Wildman–Crippen MR) is 97.3 cm³/mol. The van der Waals surface area contributed by atoms with E-state index in [-0.39, 0.29) is 5.91 Å². The van der Waals surface area contributed by atoms with Gasteiger partial charge in [0.25, 0.3) is 5.91 Å². The zero-order chi connectivity index (χ0) is 16.4. The maximum Gasteiger partial charge on any atom is 0.255 e. The highest BCUT2D eigenvalue weighted by Crippen LogP contribution is 2.25. The van der Waals surface area contributed by atoms with Gasteiger partial charge in [-0.3, -0.25) is 9.78 Å². The molecule has 0 aromatic carbocycles. The molecule has 0 spiro atoms. The first kappa shape index (κ1) is 15.8. The van der Waals surface area contributed by atoms with E-state index >= 15 is 0 Å². The highest BCUT2D eigenvalue weighted by atomic mass is 32.1. The summed E-state index contributed by atoms with van der Waals surface area (Å²) in [5.74, 6) is 0.141. The molecule has 0 aliphatic carbocycles. The van der Waals surface area contributed by atoms with Crippen LogP contribution in [-0.4, -0.2) is 52.9 Å². The van der Waals surface area contributed by atoms with Crippen LogP contribution < -0.4 is 0 Å². The number of amides is 1. The van der Waals surface area contributed by atoms with Crippen LogP contribution in [0.1, 0.15) is 36.0 Å². The molecule has 2 aliphatic heterocycles. The van der Waals surface area contributed by atoms with Crippen LogP contribution >= 0.6 is 11.3 Å². The maximum atomic E-state index is 12.9. The minimum absolute atomic E-state index is 0.141. The lowest BCUT2D eigenvalue weighted by atomic mass is 10.1. The third-order valence-corrected chi connectivity index (χ3v) is 5.98. The second kappa shape index (κ2) is 7.03. The predicted octanol–water partition coefficient (Wildman–Crippen LogP) is 3.51. The number of rotatable bonds is 4. The van der Waals surface area contributed by atoms with Crippen molar-refractivity contribution >= 4 is 17.2 Å². The largest absolute Gasteiger partial charge is 0.334 e. The number of likely N-dealkylation sites (tertiary alicyclic amines) is 2. The molecule has 0 radical (unpaired) electrons. The topological polar surface area (TPSA) is 36.4 Å². The van der Waals surface area contributed by atoms with Crippen molar-refractivity contribution in [3.8, 4) is 10.6 Å². The minimum Gasteiger partial charge on any atom is -0.334 e. The fraction of sp³-hybridized carbons (Fsp3) is 0.474. The molecule has 2 fully saturated rings. The molecule has 1 amide bonds. The van der Waals surface area contributed by atoms with E-state index in [1.165, 1.54) is 25.9 Å². The Balaban J connectivity index is 1.45. The molecule has 2 saturated heterocycles. The van der Waals surface area contributed by atoms with Gasteiger partial charge in [0.05, 0.1) is 16.1 Å². The maximum absolute atomic E-state index is 12.9. The van der Waals surface area contributed by atoms with Gasteiger partial charge in [-0.25, -0.2) is 0 Å². The number of pyridine rings is 1. The first-order valence-electron chi connectivity index (χ1n) is 8.84. The van der Waals surface area contributed by atoms with Crippen molar-refractivity contribution in [1.82, 2.24) is 14.8 Å². The van der Waals surface area contributed by atoms with Crippen molar-refractivity contribution in [3.05, 3.63) is 41.4 Å². The van der Waals surface area contributed by atoms with Crippen LogP contribution in [0.25, 0.3) is 10.6 Å². The van der Waals surface area contributed by atoms with Gasteiger partial charge in [0.1, 0.15) is 0 Å². The van der Waals surface area contributed by atoms with Crippen molar-refractivity contribution in [2.45, 2.75) is 31.7 Å². The summed E-state index contributed by atoms with van der Waals surface area (Å²) in [5.41, 5.74) is 1.65. The Kier molecular flexibility index (Phi) is 4.63. The van der Waals surface area contributed by atoms with Gasteiger partial charge in [-0.15, -0.1) is 11.3 Å². The fourth-order valence-corrected chi connectivity index (χ4v) is 4.51. The van der Waals surface area contributed by atoms with Crippen molar-refractivity contribution in [1.29, 1.82) is 0 Å². The molecule has 2 aromatic heterocycles. The van der Waals surface area contributed by atoms with Gasteiger partial charge >= 0.3 is 0 Å². The minimum atomic E-state index is 0.141. The van der Waals surface area contributed by atoms with Gasteiger partial charge in [0.2, 0.25) is 0 Å². The van der Waals surface area contributed by atoms with Crippen molar-refractivity contribution < 1.29 is 4.79 Å². The molecule has 2 aliphatic rings. The van der Waals surface area contributed by atoms with Crippen LogP contribution in [-0.2, 0) is 0 Å². The molecule has 4 heterocycles. The van der Waals surface area contributed by atoms with Crippen LogP contribution in [0, 0.1) is 0 Å². The molecule has 4 rings (SSSR count). The lowest BCUT2D eigenvalue weighted by Crippen LogP contribution is -2.42. The Morgan fingerprint density at radius 1 is 1.17 bits per heavy atom. The summed E-state index contributed by atoms with van der Waals surface area (Å²) in [4.78, 5) is 23.1. The standard InChI is InChI=1S/C19H23N3OS/c23-19(15-7-8-17(20-13-15)18-6-4-12-24-18)22-11-3-5-16(22)14-21-9-1-2-10-21/h4,6-8,12-13,16H,1-3,5,9-11,14H2/t16-/m0/s1. The van der Waals surface area contributed by atoms with E-state index in [2.05, 4.69) is 20.9 Å². The number of thiophene rings is 1. The number of hydrogen-bond acceptors (Lipinski definition) is 4. The Hall–Kier alpha value is -1.72. The monoisotopic (exact) mass is 341 g/mol.